The van der Waals surface area contributed by atoms with E-state index in [0.717, 1.165) is 37.2 Å². The zero-order valence-corrected chi connectivity index (χ0v) is 20.7. The summed E-state index contributed by atoms with van der Waals surface area (Å²) in [7, 11) is -3.55. The van der Waals surface area contributed by atoms with Gasteiger partial charge in [-0.15, -0.1) is 10.2 Å². The first-order valence-corrected chi connectivity index (χ1v) is 13.5. The number of Topliss-reactive ketones (excluding diaryl/α,β-unsaturated/α-hetero) is 1. The highest BCUT2D eigenvalue weighted by Gasteiger charge is 2.26. The molecule has 4 rings (SSSR count). The highest BCUT2D eigenvalue weighted by molar-refractivity contribution is 7.99. The third kappa shape index (κ3) is 4.92. The zero-order valence-electron chi connectivity index (χ0n) is 19.1. The molecular weight excluding hydrogens is 460 g/mol. The summed E-state index contributed by atoms with van der Waals surface area (Å²) in [5.41, 5.74) is 3.25. The third-order valence-electron chi connectivity index (χ3n) is 5.96. The van der Waals surface area contributed by atoms with Gasteiger partial charge in [0.25, 0.3) is 5.22 Å². The van der Waals surface area contributed by atoms with E-state index in [1.165, 1.54) is 16.1 Å². The molecule has 0 saturated carbocycles. The van der Waals surface area contributed by atoms with Gasteiger partial charge in [-0.2, -0.15) is 4.31 Å². The van der Waals surface area contributed by atoms with E-state index in [4.69, 9.17) is 4.42 Å². The van der Waals surface area contributed by atoms with Gasteiger partial charge in [0, 0.05) is 42.1 Å². The summed E-state index contributed by atoms with van der Waals surface area (Å²) in [6.45, 7) is 7.90. The Morgan fingerprint density at radius 2 is 1.88 bits per heavy atom. The largest absolute Gasteiger partial charge is 0.411 e. The first-order valence-electron chi connectivity index (χ1n) is 11.1. The Balaban J connectivity index is 1.46. The lowest BCUT2D eigenvalue weighted by Gasteiger charge is -2.25. The van der Waals surface area contributed by atoms with Crippen LogP contribution in [0.3, 0.4) is 0 Å². The maximum atomic E-state index is 13.0. The van der Waals surface area contributed by atoms with Crippen molar-refractivity contribution in [3.05, 3.63) is 47.3 Å². The number of benzene rings is 1. The molecule has 0 bridgehead atoms. The first kappa shape index (κ1) is 23.7. The Kier molecular flexibility index (Phi) is 7.06. The zero-order chi connectivity index (χ0) is 23.6. The lowest BCUT2D eigenvalue weighted by atomic mass is 10.2. The van der Waals surface area contributed by atoms with E-state index in [0.29, 0.717) is 24.2 Å². The second-order valence-electron chi connectivity index (χ2n) is 8.11. The summed E-state index contributed by atoms with van der Waals surface area (Å²) >= 11 is 1.18. The number of carbonyl (C=O) groups excluding carboxylic acids is 1. The van der Waals surface area contributed by atoms with Crippen LogP contribution in [-0.4, -0.2) is 52.1 Å². The fourth-order valence-corrected chi connectivity index (χ4v) is 6.41. The molecular formula is C23H28N4O4S2. The lowest BCUT2D eigenvalue weighted by molar-refractivity contribution is 0.102. The minimum absolute atomic E-state index is 0.00201. The van der Waals surface area contributed by atoms with Crippen LogP contribution in [0.1, 0.15) is 47.9 Å². The van der Waals surface area contributed by atoms with Crippen molar-refractivity contribution in [2.45, 2.75) is 56.7 Å². The van der Waals surface area contributed by atoms with E-state index >= 15 is 0 Å². The number of ketones is 1. The van der Waals surface area contributed by atoms with E-state index in [2.05, 4.69) is 21.7 Å². The fraction of sp³-hybridized carbons (Fsp3) is 0.435. The van der Waals surface area contributed by atoms with E-state index in [9.17, 15) is 13.2 Å². The predicted octanol–water partition coefficient (Wildman–Crippen LogP) is 4.32. The van der Waals surface area contributed by atoms with Crippen molar-refractivity contribution in [2.24, 2.45) is 0 Å². The Morgan fingerprint density at radius 3 is 2.58 bits per heavy atom. The quantitative estimate of drug-likeness (QED) is 0.344. The van der Waals surface area contributed by atoms with Crippen molar-refractivity contribution >= 4 is 27.6 Å². The summed E-state index contributed by atoms with van der Waals surface area (Å²) < 4.78 is 35.3. The second kappa shape index (κ2) is 9.82. The molecule has 3 heterocycles. The number of carbonyl (C=O) groups is 1. The standard InChI is InChI=1S/C23H28N4O4S2/c1-4-27-16(2)13-20(17(27)3)21(28)15-32-23-25-24-22(31-23)18-9-8-10-19(14-18)33(29,30)26-11-6-5-7-12-26/h8-10,13-14H,4-7,11-12,15H2,1-3H3. The number of hydrogen-bond acceptors (Lipinski definition) is 7. The van der Waals surface area contributed by atoms with Gasteiger partial charge in [-0.25, -0.2) is 8.42 Å². The molecule has 0 atom stereocenters. The Bertz CT molecular complexity index is 1260. The number of piperidine rings is 1. The topological polar surface area (TPSA) is 98.3 Å². The molecule has 33 heavy (non-hydrogen) atoms. The van der Waals surface area contributed by atoms with Crippen LogP contribution in [0.2, 0.25) is 0 Å². The van der Waals surface area contributed by atoms with Crippen LogP contribution in [-0.2, 0) is 16.6 Å². The second-order valence-corrected chi connectivity index (χ2v) is 11.0. The number of thioether (sulfide) groups is 1. The number of nitrogens with zero attached hydrogens (tertiary/aromatic N) is 4. The molecule has 3 aromatic rings. The van der Waals surface area contributed by atoms with Gasteiger partial charge in [0.1, 0.15) is 0 Å². The van der Waals surface area contributed by atoms with E-state index < -0.39 is 10.0 Å². The van der Waals surface area contributed by atoms with Crippen LogP contribution in [0, 0.1) is 13.8 Å². The predicted molar refractivity (Wildman–Crippen MR) is 127 cm³/mol. The molecule has 1 saturated heterocycles. The Morgan fingerprint density at radius 1 is 1.12 bits per heavy atom. The summed E-state index contributed by atoms with van der Waals surface area (Å²) in [4.78, 5) is 12.9. The van der Waals surface area contributed by atoms with Gasteiger partial charge >= 0.3 is 0 Å². The van der Waals surface area contributed by atoms with Gasteiger partial charge in [-0.3, -0.25) is 4.79 Å². The average molecular weight is 489 g/mol. The van der Waals surface area contributed by atoms with Crippen molar-refractivity contribution < 1.29 is 17.6 Å². The first-order chi connectivity index (χ1) is 15.8. The molecule has 0 radical (unpaired) electrons. The van der Waals surface area contributed by atoms with E-state index in [1.54, 1.807) is 24.3 Å². The fourth-order valence-electron chi connectivity index (χ4n) is 4.20. The maximum absolute atomic E-state index is 13.0. The molecule has 8 nitrogen and oxygen atoms in total. The minimum atomic E-state index is -3.55. The molecule has 0 aliphatic carbocycles. The third-order valence-corrected chi connectivity index (χ3v) is 8.67. The minimum Gasteiger partial charge on any atom is -0.411 e. The molecule has 2 aromatic heterocycles. The van der Waals surface area contributed by atoms with Gasteiger partial charge in [0.05, 0.1) is 10.6 Å². The van der Waals surface area contributed by atoms with Crippen molar-refractivity contribution in [2.75, 3.05) is 18.8 Å². The molecule has 10 heteroatoms. The number of rotatable bonds is 8. The molecule has 1 fully saturated rings. The Hall–Kier alpha value is -2.43. The van der Waals surface area contributed by atoms with Crippen LogP contribution in [0.15, 0.2) is 44.9 Å². The van der Waals surface area contributed by atoms with E-state index in [1.807, 2.05) is 19.9 Å². The summed E-state index contributed by atoms with van der Waals surface area (Å²) in [5.74, 6) is 0.408. The van der Waals surface area contributed by atoms with Crippen molar-refractivity contribution in [1.82, 2.24) is 19.1 Å². The van der Waals surface area contributed by atoms with Crippen molar-refractivity contribution in [3.63, 3.8) is 0 Å². The SMILES string of the molecule is CCn1c(C)cc(C(=O)CSc2nnc(-c3cccc(S(=O)(=O)N4CCCCC4)c3)o2)c1C. The smallest absolute Gasteiger partial charge is 0.277 e. The highest BCUT2D eigenvalue weighted by Crippen LogP contribution is 2.28. The van der Waals surface area contributed by atoms with Gasteiger partial charge < -0.3 is 8.98 Å². The summed E-state index contributed by atoms with van der Waals surface area (Å²) in [5, 5.41) is 8.36. The van der Waals surface area contributed by atoms with Gasteiger partial charge in [-0.05, 0) is 57.9 Å². The monoisotopic (exact) mass is 488 g/mol. The van der Waals surface area contributed by atoms with Crippen LogP contribution in [0.5, 0.6) is 0 Å². The molecule has 0 spiro atoms. The lowest BCUT2D eigenvalue weighted by Crippen LogP contribution is -2.35. The van der Waals surface area contributed by atoms with Crippen molar-refractivity contribution in [1.29, 1.82) is 0 Å². The number of aromatic nitrogens is 3. The van der Waals surface area contributed by atoms with E-state index in [-0.39, 0.29) is 27.5 Å². The summed E-state index contributed by atoms with van der Waals surface area (Å²) in [6.07, 6.45) is 2.81. The number of hydrogen-bond donors (Lipinski definition) is 0. The molecule has 176 valence electrons. The van der Waals surface area contributed by atoms with Gasteiger partial charge in [0.2, 0.25) is 15.9 Å². The molecule has 0 amide bonds. The van der Waals surface area contributed by atoms with Crippen molar-refractivity contribution in [3.8, 4) is 11.5 Å². The van der Waals surface area contributed by atoms with Gasteiger partial charge in [0.15, 0.2) is 5.78 Å². The molecule has 1 aliphatic rings. The highest BCUT2D eigenvalue weighted by atomic mass is 32.2. The number of sulfonamides is 1. The average Bonchev–Trinajstić information content (AvgIpc) is 3.42. The van der Waals surface area contributed by atoms with Crippen LogP contribution in [0.4, 0.5) is 0 Å². The van der Waals surface area contributed by atoms with Crippen LogP contribution >= 0.6 is 11.8 Å². The molecule has 1 aliphatic heterocycles. The maximum Gasteiger partial charge on any atom is 0.277 e. The molecule has 1 aromatic carbocycles. The molecule has 0 unspecified atom stereocenters. The Labute approximate surface area is 198 Å². The molecule has 0 N–H and O–H groups in total. The van der Waals surface area contributed by atoms with Gasteiger partial charge in [-0.1, -0.05) is 24.2 Å². The van der Waals surface area contributed by atoms with Crippen LogP contribution in [0.25, 0.3) is 11.5 Å². The van der Waals surface area contributed by atoms with Crippen LogP contribution < -0.4 is 0 Å². The summed E-state index contributed by atoms with van der Waals surface area (Å²) in [6, 6.07) is 8.48. The normalized spacial score (nSPS) is 15.1. The number of aryl methyl sites for hydroxylation is 1.